The average Bonchev–Trinajstić information content (AvgIpc) is 2.82. The number of ether oxygens (including phenoxy) is 3. The zero-order valence-corrected chi connectivity index (χ0v) is 9.80. The number of fused-ring (bicyclic) bond motifs is 2. The predicted octanol–water partition coefficient (Wildman–Crippen LogP) is 2.14. The fourth-order valence-corrected chi connectivity index (χ4v) is 1.84. The molecule has 1 aromatic carbocycles. The van der Waals surface area contributed by atoms with Gasteiger partial charge >= 0.3 is 5.97 Å². The second-order valence-electron chi connectivity index (χ2n) is 3.84. The van der Waals surface area contributed by atoms with E-state index in [1.54, 1.807) is 19.1 Å². The molecule has 0 bridgehead atoms. The molecule has 0 spiro atoms. The van der Waals surface area contributed by atoms with Gasteiger partial charge in [0, 0.05) is 17.6 Å². The van der Waals surface area contributed by atoms with Gasteiger partial charge in [-0.15, -0.1) is 0 Å². The molecule has 0 saturated heterocycles. The van der Waals surface area contributed by atoms with E-state index in [4.69, 9.17) is 14.2 Å². The van der Waals surface area contributed by atoms with Gasteiger partial charge in [-0.3, -0.25) is 4.98 Å². The van der Waals surface area contributed by atoms with Crippen LogP contribution in [0.1, 0.15) is 17.3 Å². The van der Waals surface area contributed by atoms with E-state index < -0.39 is 0 Å². The highest BCUT2D eigenvalue weighted by Crippen LogP contribution is 2.35. The van der Waals surface area contributed by atoms with Crippen LogP contribution in [0.4, 0.5) is 0 Å². The van der Waals surface area contributed by atoms with E-state index in [1.807, 2.05) is 6.07 Å². The molecular weight excluding hydrogens is 234 g/mol. The normalized spacial score (nSPS) is 12.7. The first-order chi connectivity index (χ1) is 8.78. The molecule has 0 radical (unpaired) electrons. The van der Waals surface area contributed by atoms with Gasteiger partial charge in [-0.05, 0) is 19.1 Å². The third-order valence-corrected chi connectivity index (χ3v) is 2.69. The highest BCUT2D eigenvalue weighted by molar-refractivity contribution is 5.94. The Labute approximate surface area is 103 Å². The molecule has 0 fully saturated rings. The van der Waals surface area contributed by atoms with Crippen molar-refractivity contribution in [2.24, 2.45) is 0 Å². The van der Waals surface area contributed by atoms with E-state index in [1.165, 1.54) is 6.20 Å². The average molecular weight is 245 g/mol. The number of carbonyl (C=O) groups excluding carboxylic acids is 1. The number of nitrogens with zero attached hydrogens (tertiary/aromatic N) is 1. The summed E-state index contributed by atoms with van der Waals surface area (Å²) in [5.74, 6) is 0.980. The predicted molar refractivity (Wildman–Crippen MR) is 63.8 cm³/mol. The van der Waals surface area contributed by atoms with Gasteiger partial charge in [0.15, 0.2) is 11.5 Å². The molecular formula is C13H11NO4. The SMILES string of the molecule is CCOC(=O)c1cnc2cc3c(cc2c1)OCO3. The third kappa shape index (κ3) is 1.73. The highest BCUT2D eigenvalue weighted by Gasteiger charge is 2.16. The standard InChI is InChI=1S/C13H11NO4/c1-2-16-13(15)9-3-8-4-11-12(18-7-17-11)5-10(8)14-6-9/h3-6H,2,7H2,1H3. The van der Waals surface area contributed by atoms with E-state index in [-0.39, 0.29) is 12.8 Å². The molecule has 92 valence electrons. The van der Waals surface area contributed by atoms with Crippen LogP contribution in [0.15, 0.2) is 24.4 Å². The Morgan fingerprint density at radius 1 is 1.33 bits per heavy atom. The number of aromatic nitrogens is 1. The number of rotatable bonds is 2. The van der Waals surface area contributed by atoms with E-state index in [2.05, 4.69) is 4.98 Å². The minimum Gasteiger partial charge on any atom is -0.462 e. The van der Waals surface area contributed by atoms with Crippen molar-refractivity contribution in [1.29, 1.82) is 0 Å². The summed E-state index contributed by atoms with van der Waals surface area (Å²) in [7, 11) is 0. The van der Waals surface area contributed by atoms with Crippen LogP contribution in [-0.2, 0) is 4.74 Å². The number of benzene rings is 1. The Morgan fingerprint density at radius 2 is 2.11 bits per heavy atom. The molecule has 5 nitrogen and oxygen atoms in total. The van der Waals surface area contributed by atoms with Gasteiger partial charge in [0.2, 0.25) is 6.79 Å². The molecule has 3 rings (SSSR count). The largest absolute Gasteiger partial charge is 0.462 e. The summed E-state index contributed by atoms with van der Waals surface area (Å²) in [6.45, 7) is 2.33. The van der Waals surface area contributed by atoms with Crippen LogP contribution in [0.3, 0.4) is 0 Å². The first-order valence-corrected chi connectivity index (χ1v) is 5.64. The molecule has 0 N–H and O–H groups in total. The third-order valence-electron chi connectivity index (χ3n) is 2.69. The van der Waals surface area contributed by atoms with Crippen LogP contribution in [0.2, 0.25) is 0 Å². The zero-order valence-electron chi connectivity index (χ0n) is 9.80. The van der Waals surface area contributed by atoms with E-state index >= 15 is 0 Å². The lowest BCUT2D eigenvalue weighted by molar-refractivity contribution is 0.0526. The maximum atomic E-state index is 11.6. The highest BCUT2D eigenvalue weighted by atomic mass is 16.7. The Kier molecular flexibility index (Phi) is 2.51. The van der Waals surface area contributed by atoms with E-state index in [9.17, 15) is 4.79 Å². The number of hydrogen-bond acceptors (Lipinski definition) is 5. The van der Waals surface area contributed by atoms with Crippen LogP contribution < -0.4 is 9.47 Å². The molecule has 1 aliphatic heterocycles. The fourth-order valence-electron chi connectivity index (χ4n) is 1.84. The molecule has 2 aromatic rings. The molecule has 1 aliphatic rings. The van der Waals surface area contributed by atoms with Crippen molar-refractivity contribution in [3.8, 4) is 11.5 Å². The summed E-state index contributed by atoms with van der Waals surface area (Å²) in [5.41, 5.74) is 1.19. The topological polar surface area (TPSA) is 57.7 Å². The second kappa shape index (κ2) is 4.18. The van der Waals surface area contributed by atoms with E-state index in [0.29, 0.717) is 23.7 Å². The molecule has 18 heavy (non-hydrogen) atoms. The Morgan fingerprint density at radius 3 is 2.89 bits per heavy atom. The summed E-state index contributed by atoms with van der Waals surface area (Å²) < 4.78 is 15.5. The lowest BCUT2D eigenvalue weighted by Gasteiger charge is -2.04. The first-order valence-electron chi connectivity index (χ1n) is 5.64. The minimum absolute atomic E-state index is 0.219. The number of pyridine rings is 1. The van der Waals surface area contributed by atoms with Crippen LogP contribution in [0.5, 0.6) is 11.5 Å². The number of carbonyl (C=O) groups is 1. The maximum Gasteiger partial charge on any atom is 0.339 e. The van der Waals surface area contributed by atoms with Gasteiger partial charge in [0.1, 0.15) is 0 Å². The van der Waals surface area contributed by atoms with Crippen LogP contribution >= 0.6 is 0 Å². The molecule has 0 aliphatic carbocycles. The molecule has 1 aromatic heterocycles. The Balaban J connectivity index is 2.06. The second-order valence-corrected chi connectivity index (χ2v) is 3.84. The lowest BCUT2D eigenvalue weighted by Crippen LogP contribution is -2.04. The summed E-state index contributed by atoms with van der Waals surface area (Å²) >= 11 is 0. The van der Waals surface area contributed by atoms with Crippen molar-refractivity contribution in [3.63, 3.8) is 0 Å². The first kappa shape index (κ1) is 10.8. The van der Waals surface area contributed by atoms with Crippen LogP contribution in [-0.4, -0.2) is 24.4 Å². The number of esters is 1. The zero-order chi connectivity index (χ0) is 12.5. The smallest absolute Gasteiger partial charge is 0.339 e. The van der Waals surface area contributed by atoms with Gasteiger partial charge in [-0.2, -0.15) is 0 Å². The van der Waals surface area contributed by atoms with Crippen molar-refractivity contribution in [2.75, 3.05) is 13.4 Å². The summed E-state index contributed by atoms with van der Waals surface area (Å²) in [5, 5.41) is 0.824. The fraction of sp³-hybridized carbons (Fsp3) is 0.231. The maximum absolute atomic E-state index is 11.6. The molecule has 0 atom stereocenters. The summed E-state index contributed by atoms with van der Waals surface area (Å²) in [4.78, 5) is 15.8. The van der Waals surface area contributed by atoms with Gasteiger partial charge in [0.05, 0.1) is 17.7 Å². The molecule has 2 heterocycles. The van der Waals surface area contributed by atoms with Crippen LogP contribution in [0.25, 0.3) is 10.9 Å². The Bertz CT molecular complexity index is 624. The lowest BCUT2D eigenvalue weighted by atomic mass is 10.1. The number of hydrogen-bond donors (Lipinski definition) is 0. The van der Waals surface area contributed by atoms with Crippen molar-refractivity contribution < 1.29 is 19.0 Å². The van der Waals surface area contributed by atoms with Gasteiger partial charge < -0.3 is 14.2 Å². The molecule has 0 saturated carbocycles. The van der Waals surface area contributed by atoms with Gasteiger partial charge in [-0.1, -0.05) is 0 Å². The quantitative estimate of drug-likeness (QED) is 0.759. The van der Waals surface area contributed by atoms with Crippen molar-refractivity contribution in [3.05, 3.63) is 30.0 Å². The van der Waals surface area contributed by atoms with Gasteiger partial charge in [0.25, 0.3) is 0 Å². The monoisotopic (exact) mass is 245 g/mol. The van der Waals surface area contributed by atoms with E-state index in [0.717, 1.165) is 10.9 Å². The van der Waals surface area contributed by atoms with Crippen LogP contribution in [0, 0.1) is 0 Å². The summed E-state index contributed by atoms with van der Waals surface area (Å²) in [6.07, 6.45) is 1.50. The summed E-state index contributed by atoms with van der Waals surface area (Å²) in [6, 6.07) is 5.35. The molecule has 0 unspecified atom stereocenters. The van der Waals surface area contributed by atoms with Crippen molar-refractivity contribution in [2.45, 2.75) is 6.92 Å². The van der Waals surface area contributed by atoms with Crippen molar-refractivity contribution in [1.82, 2.24) is 4.98 Å². The van der Waals surface area contributed by atoms with Gasteiger partial charge in [-0.25, -0.2) is 4.79 Å². The molecule has 0 amide bonds. The molecule has 5 heteroatoms. The Hall–Kier alpha value is -2.30. The van der Waals surface area contributed by atoms with Crippen molar-refractivity contribution >= 4 is 16.9 Å². The minimum atomic E-state index is -0.371.